The van der Waals surface area contributed by atoms with E-state index in [0.717, 1.165) is 47.0 Å². The fraction of sp³-hybridized carbons (Fsp3) is 0.333. The summed E-state index contributed by atoms with van der Waals surface area (Å²) in [6.07, 6.45) is 8.54. The van der Waals surface area contributed by atoms with Crippen LogP contribution in [0.5, 0.6) is 0 Å². The molecule has 0 amide bonds. The Labute approximate surface area is 159 Å². The first-order valence-electron chi connectivity index (χ1n) is 8.93. The van der Waals surface area contributed by atoms with Crippen molar-refractivity contribution in [3.63, 3.8) is 0 Å². The molecule has 4 nitrogen and oxygen atoms in total. The second-order valence-corrected chi connectivity index (χ2v) is 7.45. The van der Waals surface area contributed by atoms with Gasteiger partial charge in [0.1, 0.15) is 11.4 Å². The molecule has 0 atom stereocenters. The van der Waals surface area contributed by atoms with Crippen molar-refractivity contribution in [2.75, 3.05) is 0 Å². The Morgan fingerprint density at radius 2 is 1.88 bits per heavy atom. The van der Waals surface area contributed by atoms with E-state index >= 15 is 0 Å². The molecule has 1 aromatic carbocycles. The number of aromatic nitrogens is 3. The fourth-order valence-electron chi connectivity index (χ4n) is 2.68. The van der Waals surface area contributed by atoms with Gasteiger partial charge in [-0.05, 0) is 49.9 Å². The van der Waals surface area contributed by atoms with Crippen LogP contribution in [0.3, 0.4) is 0 Å². The third kappa shape index (κ3) is 4.41. The maximum absolute atomic E-state index is 4.75. The Hall–Kier alpha value is -2.40. The van der Waals surface area contributed by atoms with E-state index in [-0.39, 0.29) is 0 Å². The van der Waals surface area contributed by atoms with E-state index in [1.54, 1.807) is 23.7 Å². The predicted octanol–water partition coefficient (Wildman–Crippen LogP) is 5.62. The molecule has 0 saturated heterocycles. The molecule has 26 heavy (non-hydrogen) atoms. The predicted molar refractivity (Wildman–Crippen MR) is 110 cm³/mol. The summed E-state index contributed by atoms with van der Waals surface area (Å²) in [4.78, 5) is 18.1. The molecular weight excluding hydrogens is 340 g/mol. The lowest BCUT2D eigenvalue weighted by Crippen LogP contribution is -1.94. The average molecular weight is 365 g/mol. The quantitative estimate of drug-likeness (QED) is 0.534. The van der Waals surface area contributed by atoms with Crippen LogP contribution in [0.15, 0.2) is 34.9 Å². The highest BCUT2D eigenvalue weighted by atomic mass is 32.1. The minimum Gasteiger partial charge on any atom is -0.261 e. The number of aliphatic imine (C=N–C) groups is 1. The Balaban J connectivity index is 1.79. The molecule has 5 heteroatoms. The van der Waals surface area contributed by atoms with E-state index in [1.165, 1.54) is 16.7 Å². The molecule has 0 saturated carbocycles. The average Bonchev–Trinajstić information content (AvgIpc) is 3.08. The first-order chi connectivity index (χ1) is 12.6. The van der Waals surface area contributed by atoms with Gasteiger partial charge in [-0.2, -0.15) is 0 Å². The lowest BCUT2D eigenvalue weighted by atomic mass is 10.0. The minimum atomic E-state index is 0.826. The number of hydrogen-bond donors (Lipinski definition) is 0. The Kier molecular flexibility index (Phi) is 5.89. The van der Waals surface area contributed by atoms with Gasteiger partial charge in [0.15, 0.2) is 0 Å². The van der Waals surface area contributed by atoms with Crippen molar-refractivity contribution in [2.45, 2.75) is 47.0 Å². The number of nitrogens with zero attached hydrogens (tertiary/aromatic N) is 4. The van der Waals surface area contributed by atoms with Crippen LogP contribution in [0.4, 0.5) is 5.69 Å². The van der Waals surface area contributed by atoms with Gasteiger partial charge in [0.05, 0.1) is 22.6 Å². The van der Waals surface area contributed by atoms with E-state index in [2.05, 4.69) is 53.2 Å². The summed E-state index contributed by atoms with van der Waals surface area (Å²) >= 11 is 1.67. The van der Waals surface area contributed by atoms with Crippen LogP contribution in [-0.4, -0.2) is 21.2 Å². The summed E-state index contributed by atoms with van der Waals surface area (Å²) in [6, 6.07) is 4.41. The van der Waals surface area contributed by atoms with Crippen molar-refractivity contribution >= 4 is 23.2 Å². The fourth-order valence-corrected chi connectivity index (χ4v) is 3.49. The number of hydrogen-bond acceptors (Lipinski definition) is 5. The second-order valence-electron chi connectivity index (χ2n) is 6.51. The highest BCUT2D eigenvalue weighted by Crippen LogP contribution is 2.27. The molecule has 3 rings (SSSR count). The summed E-state index contributed by atoms with van der Waals surface area (Å²) in [6.45, 7) is 8.37. The van der Waals surface area contributed by atoms with Crippen LogP contribution in [-0.2, 0) is 6.42 Å². The van der Waals surface area contributed by atoms with E-state index in [9.17, 15) is 0 Å². The molecule has 0 bridgehead atoms. The Morgan fingerprint density at radius 3 is 2.62 bits per heavy atom. The molecule has 0 unspecified atom stereocenters. The number of thiazole rings is 1. The molecule has 0 radical (unpaired) electrons. The summed E-state index contributed by atoms with van der Waals surface area (Å²) in [5, 5.41) is 3.15. The van der Waals surface area contributed by atoms with Crippen molar-refractivity contribution in [2.24, 2.45) is 4.99 Å². The molecule has 134 valence electrons. The third-order valence-corrected chi connectivity index (χ3v) is 5.09. The van der Waals surface area contributed by atoms with Gasteiger partial charge < -0.3 is 0 Å². The van der Waals surface area contributed by atoms with Gasteiger partial charge in [0, 0.05) is 24.2 Å². The van der Waals surface area contributed by atoms with Gasteiger partial charge in [0.2, 0.25) is 0 Å². The van der Waals surface area contributed by atoms with E-state index in [1.807, 2.05) is 13.1 Å². The zero-order valence-corrected chi connectivity index (χ0v) is 16.6. The first-order valence-corrected chi connectivity index (χ1v) is 9.81. The Bertz CT molecular complexity index is 910. The smallest absolute Gasteiger partial charge is 0.108 e. The maximum atomic E-state index is 4.75. The van der Waals surface area contributed by atoms with Crippen molar-refractivity contribution in [1.29, 1.82) is 0 Å². The zero-order chi connectivity index (χ0) is 18.5. The molecule has 2 aromatic heterocycles. The van der Waals surface area contributed by atoms with Gasteiger partial charge >= 0.3 is 0 Å². The lowest BCUT2D eigenvalue weighted by molar-refractivity contribution is 1.01. The molecule has 3 aromatic rings. The van der Waals surface area contributed by atoms with Crippen LogP contribution < -0.4 is 0 Å². The molecule has 2 heterocycles. The molecule has 0 spiro atoms. The van der Waals surface area contributed by atoms with E-state index in [4.69, 9.17) is 4.98 Å². The molecular formula is C21H24N4S. The number of aryl methyl sites for hydroxylation is 3. The molecule has 0 aliphatic heterocycles. The molecule has 0 N–H and O–H groups in total. The highest BCUT2D eigenvalue weighted by molar-refractivity contribution is 7.10. The number of benzene rings is 1. The van der Waals surface area contributed by atoms with Crippen molar-refractivity contribution in [1.82, 2.24) is 15.0 Å². The van der Waals surface area contributed by atoms with Crippen LogP contribution in [0.2, 0.25) is 0 Å². The zero-order valence-electron chi connectivity index (χ0n) is 15.8. The van der Waals surface area contributed by atoms with Crippen LogP contribution in [0, 0.1) is 20.8 Å². The van der Waals surface area contributed by atoms with Gasteiger partial charge in [-0.25, -0.2) is 4.98 Å². The topological polar surface area (TPSA) is 51.0 Å². The minimum absolute atomic E-state index is 0.826. The Morgan fingerprint density at radius 1 is 1.04 bits per heavy atom. The van der Waals surface area contributed by atoms with Crippen LogP contribution in [0.25, 0.3) is 11.4 Å². The van der Waals surface area contributed by atoms with E-state index < -0.39 is 0 Å². The van der Waals surface area contributed by atoms with Gasteiger partial charge in [-0.15, -0.1) is 11.3 Å². The largest absolute Gasteiger partial charge is 0.261 e. The number of rotatable bonds is 6. The van der Waals surface area contributed by atoms with Crippen molar-refractivity contribution < 1.29 is 0 Å². The van der Waals surface area contributed by atoms with Gasteiger partial charge in [0.25, 0.3) is 0 Å². The maximum Gasteiger partial charge on any atom is 0.108 e. The van der Waals surface area contributed by atoms with E-state index in [0.29, 0.717) is 0 Å². The van der Waals surface area contributed by atoms with Crippen molar-refractivity contribution in [3.8, 4) is 11.4 Å². The monoisotopic (exact) mass is 364 g/mol. The third-order valence-electron chi connectivity index (χ3n) is 4.24. The standard InChI is InChI=1S/C21H24N4S/c1-5-6-7-22-18-9-14(2)17(8-15(18)3)10-21-25-20(13-26-21)19-12-23-16(4)11-24-19/h7-9,11-13H,5-6,10H2,1-4H3. The lowest BCUT2D eigenvalue weighted by Gasteiger charge is -2.08. The summed E-state index contributed by atoms with van der Waals surface area (Å²) in [7, 11) is 0. The summed E-state index contributed by atoms with van der Waals surface area (Å²) in [5.74, 6) is 0. The summed E-state index contributed by atoms with van der Waals surface area (Å²) in [5.41, 5.74) is 7.46. The first kappa shape index (κ1) is 18.4. The molecule has 0 fully saturated rings. The van der Waals surface area contributed by atoms with Crippen LogP contribution >= 0.6 is 11.3 Å². The SMILES string of the molecule is CCCC=Nc1cc(C)c(Cc2nc(-c3cnc(C)cn3)cs2)cc1C. The van der Waals surface area contributed by atoms with Crippen molar-refractivity contribution in [3.05, 3.63) is 57.3 Å². The highest BCUT2D eigenvalue weighted by Gasteiger charge is 2.10. The normalized spacial score (nSPS) is 11.4. The number of unbranched alkanes of at least 4 members (excludes halogenated alkanes) is 1. The van der Waals surface area contributed by atoms with Crippen LogP contribution in [0.1, 0.15) is 47.2 Å². The molecule has 0 aliphatic carbocycles. The van der Waals surface area contributed by atoms with Gasteiger partial charge in [-0.3, -0.25) is 15.0 Å². The second kappa shape index (κ2) is 8.32. The summed E-state index contributed by atoms with van der Waals surface area (Å²) < 4.78 is 0. The van der Waals surface area contributed by atoms with Gasteiger partial charge in [-0.1, -0.05) is 19.4 Å². The molecule has 0 aliphatic rings.